The molecular weight excluding hydrogens is 304 g/mol. The van der Waals surface area contributed by atoms with Crippen LogP contribution < -0.4 is 4.74 Å². The number of ether oxygens (including phenoxy) is 2. The highest BCUT2D eigenvalue weighted by atomic mass is 16.6. The molecule has 1 aliphatic rings. The first-order valence-electron chi connectivity index (χ1n) is 7.20. The number of carbonyl (C=O) groups excluding carboxylic acids is 2. The van der Waals surface area contributed by atoms with Gasteiger partial charge in [-0.1, -0.05) is 0 Å². The van der Waals surface area contributed by atoms with Crippen molar-refractivity contribution < 1.29 is 24.0 Å². The number of amides is 1. The fraction of sp³-hybridized carbons (Fsp3) is 0.467. The molecule has 1 aliphatic heterocycles. The van der Waals surface area contributed by atoms with Gasteiger partial charge in [0.15, 0.2) is 5.75 Å². The van der Waals surface area contributed by atoms with Crippen LogP contribution in [0.1, 0.15) is 29.6 Å². The number of hydrogen-bond acceptors (Lipinski definition) is 6. The monoisotopic (exact) mass is 322 g/mol. The van der Waals surface area contributed by atoms with E-state index < -0.39 is 22.8 Å². The maximum absolute atomic E-state index is 12.7. The van der Waals surface area contributed by atoms with Gasteiger partial charge in [-0.3, -0.25) is 14.9 Å². The van der Waals surface area contributed by atoms with Crippen molar-refractivity contribution in [1.82, 2.24) is 4.90 Å². The van der Waals surface area contributed by atoms with Crippen molar-refractivity contribution in [2.24, 2.45) is 0 Å². The van der Waals surface area contributed by atoms with E-state index in [0.29, 0.717) is 13.0 Å². The average Bonchev–Trinajstić information content (AvgIpc) is 2.59. The fourth-order valence-corrected chi connectivity index (χ4v) is 2.69. The van der Waals surface area contributed by atoms with Crippen LogP contribution in [-0.4, -0.2) is 48.5 Å². The second-order valence-corrected chi connectivity index (χ2v) is 5.18. The maximum Gasteiger partial charge on any atom is 0.328 e. The van der Waals surface area contributed by atoms with Crippen LogP contribution in [-0.2, 0) is 9.53 Å². The van der Waals surface area contributed by atoms with Crippen molar-refractivity contribution in [2.75, 3.05) is 20.8 Å². The van der Waals surface area contributed by atoms with Crippen molar-refractivity contribution in [2.45, 2.75) is 25.3 Å². The summed E-state index contributed by atoms with van der Waals surface area (Å²) in [6, 6.07) is 3.35. The quantitative estimate of drug-likeness (QED) is 0.476. The smallest absolute Gasteiger partial charge is 0.328 e. The zero-order chi connectivity index (χ0) is 17.0. The van der Waals surface area contributed by atoms with Gasteiger partial charge in [-0.15, -0.1) is 0 Å². The minimum absolute atomic E-state index is 0.0784. The summed E-state index contributed by atoms with van der Waals surface area (Å²) in [4.78, 5) is 36.4. The summed E-state index contributed by atoms with van der Waals surface area (Å²) in [7, 11) is 2.60. The molecule has 0 N–H and O–H groups in total. The summed E-state index contributed by atoms with van der Waals surface area (Å²) in [6.45, 7) is 0.415. The maximum atomic E-state index is 12.7. The van der Waals surface area contributed by atoms with E-state index in [-0.39, 0.29) is 17.0 Å². The third-order valence-corrected chi connectivity index (χ3v) is 3.86. The number of nitro benzene ring substituents is 1. The average molecular weight is 322 g/mol. The third kappa shape index (κ3) is 3.41. The highest BCUT2D eigenvalue weighted by Crippen LogP contribution is 2.29. The van der Waals surface area contributed by atoms with Crippen molar-refractivity contribution in [3.05, 3.63) is 33.9 Å². The normalized spacial score (nSPS) is 17.5. The van der Waals surface area contributed by atoms with Crippen molar-refractivity contribution in [3.8, 4) is 5.75 Å². The molecular formula is C15H18N2O6. The van der Waals surface area contributed by atoms with E-state index in [4.69, 9.17) is 9.47 Å². The van der Waals surface area contributed by atoms with Crippen LogP contribution in [0.3, 0.4) is 0 Å². The number of likely N-dealkylation sites (tertiary alicyclic amines) is 1. The van der Waals surface area contributed by atoms with Gasteiger partial charge in [0.05, 0.1) is 19.1 Å². The Morgan fingerprint density at radius 2 is 2.04 bits per heavy atom. The SMILES string of the molecule is COC(=O)[C@@H]1CCCCN1C(=O)c1ccc(OC)c([N+](=O)[O-])c1. The van der Waals surface area contributed by atoms with Crippen molar-refractivity contribution in [1.29, 1.82) is 0 Å². The van der Waals surface area contributed by atoms with E-state index in [1.54, 1.807) is 0 Å². The lowest BCUT2D eigenvalue weighted by Crippen LogP contribution is -2.48. The minimum Gasteiger partial charge on any atom is -0.490 e. The molecule has 1 heterocycles. The zero-order valence-corrected chi connectivity index (χ0v) is 13.0. The number of methoxy groups -OCH3 is 2. The van der Waals surface area contributed by atoms with E-state index in [2.05, 4.69) is 0 Å². The molecule has 1 amide bonds. The molecule has 0 saturated carbocycles. The third-order valence-electron chi connectivity index (χ3n) is 3.86. The Balaban J connectivity index is 2.33. The predicted octanol–water partition coefficient (Wildman–Crippen LogP) is 1.77. The lowest BCUT2D eigenvalue weighted by Gasteiger charge is -2.33. The van der Waals surface area contributed by atoms with Gasteiger partial charge in [0.25, 0.3) is 5.91 Å². The Morgan fingerprint density at radius 1 is 1.30 bits per heavy atom. The van der Waals surface area contributed by atoms with Gasteiger partial charge in [0.1, 0.15) is 6.04 Å². The summed E-state index contributed by atoms with van der Waals surface area (Å²) in [5, 5.41) is 11.1. The van der Waals surface area contributed by atoms with E-state index in [1.807, 2.05) is 0 Å². The molecule has 124 valence electrons. The molecule has 8 nitrogen and oxygen atoms in total. The Morgan fingerprint density at radius 3 is 2.65 bits per heavy atom. The molecule has 1 aromatic carbocycles. The van der Waals surface area contributed by atoms with Crippen LogP contribution in [0, 0.1) is 10.1 Å². The van der Waals surface area contributed by atoms with Crippen LogP contribution in [0.4, 0.5) is 5.69 Å². The van der Waals surface area contributed by atoms with Gasteiger partial charge in [0, 0.05) is 18.2 Å². The number of carbonyl (C=O) groups is 2. The number of hydrogen-bond donors (Lipinski definition) is 0. The summed E-state index contributed by atoms with van der Waals surface area (Å²) in [6.07, 6.45) is 2.13. The lowest BCUT2D eigenvalue weighted by atomic mass is 10.0. The number of rotatable bonds is 4. The fourth-order valence-electron chi connectivity index (χ4n) is 2.69. The standard InChI is InChI=1S/C15H18N2O6/c1-22-13-7-6-10(9-12(13)17(20)21)14(18)16-8-4-3-5-11(16)15(19)23-2/h6-7,9,11H,3-5,8H2,1-2H3/t11-/m0/s1. The molecule has 0 spiro atoms. The molecule has 0 aromatic heterocycles. The Kier molecular flexibility index (Phi) is 5.15. The van der Waals surface area contributed by atoms with Gasteiger partial charge < -0.3 is 14.4 Å². The number of nitro groups is 1. The van der Waals surface area contributed by atoms with Gasteiger partial charge in [-0.05, 0) is 31.4 Å². The van der Waals surface area contributed by atoms with E-state index in [0.717, 1.165) is 12.8 Å². The summed E-state index contributed by atoms with van der Waals surface area (Å²) in [5.74, 6) is -0.818. The van der Waals surface area contributed by atoms with Crippen LogP contribution in [0.5, 0.6) is 5.75 Å². The largest absolute Gasteiger partial charge is 0.490 e. The molecule has 0 radical (unpaired) electrons. The van der Waals surface area contributed by atoms with E-state index in [9.17, 15) is 19.7 Å². The molecule has 0 unspecified atom stereocenters. The Labute approximate surface area is 133 Å². The second-order valence-electron chi connectivity index (χ2n) is 5.18. The van der Waals surface area contributed by atoms with Gasteiger partial charge in [-0.2, -0.15) is 0 Å². The minimum atomic E-state index is -0.651. The number of nitrogens with zero attached hydrogens (tertiary/aromatic N) is 2. The lowest BCUT2D eigenvalue weighted by molar-refractivity contribution is -0.385. The molecule has 1 aromatic rings. The molecule has 0 aliphatic carbocycles. The number of piperidine rings is 1. The predicted molar refractivity (Wildman–Crippen MR) is 80.3 cm³/mol. The zero-order valence-electron chi connectivity index (χ0n) is 13.0. The highest BCUT2D eigenvalue weighted by molar-refractivity contribution is 5.97. The van der Waals surface area contributed by atoms with Gasteiger partial charge in [0.2, 0.25) is 0 Å². The summed E-state index contributed by atoms with van der Waals surface area (Å²) >= 11 is 0. The molecule has 1 atom stereocenters. The topological polar surface area (TPSA) is 99.0 Å². The van der Waals surface area contributed by atoms with Gasteiger partial charge in [-0.25, -0.2) is 4.79 Å². The van der Waals surface area contributed by atoms with Crippen LogP contribution in [0.25, 0.3) is 0 Å². The molecule has 8 heteroatoms. The molecule has 1 fully saturated rings. The molecule has 23 heavy (non-hydrogen) atoms. The first-order chi connectivity index (χ1) is 11.0. The first-order valence-corrected chi connectivity index (χ1v) is 7.20. The first kappa shape index (κ1) is 16.7. The Hall–Kier alpha value is -2.64. The van der Waals surface area contributed by atoms with Crippen molar-refractivity contribution in [3.63, 3.8) is 0 Å². The molecule has 0 bridgehead atoms. The van der Waals surface area contributed by atoms with Crippen molar-refractivity contribution >= 4 is 17.6 Å². The Bertz CT molecular complexity index is 630. The molecule has 1 saturated heterocycles. The van der Waals surface area contributed by atoms with E-state index >= 15 is 0 Å². The summed E-state index contributed by atoms with van der Waals surface area (Å²) in [5.41, 5.74) is -0.140. The number of benzene rings is 1. The van der Waals surface area contributed by atoms with Crippen LogP contribution in [0.15, 0.2) is 18.2 Å². The van der Waals surface area contributed by atoms with Gasteiger partial charge >= 0.3 is 11.7 Å². The summed E-state index contributed by atoms with van der Waals surface area (Å²) < 4.78 is 9.67. The van der Waals surface area contributed by atoms with E-state index in [1.165, 1.54) is 37.3 Å². The highest BCUT2D eigenvalue weighted by Gasteiger charge is 2.34. The molecule has 2 rings (SSSR count). The van der Waals surface area contributed by atoms with Crippen LogP contribution >= 0.6 is 0 Å². The van der Waals surface area contributed by atoms with Crippen LogP contribution in [0.2, 0.25) is 0 Å². The second kappa shape index (κ2) is 7.08. The number of esters is 1.